The number of likely N-dealkylation sites (tertiary alicyclic amines) is 1. The molecule has 1 aromatic rings. The summed E-state index contributed by atoms with van der Waals surface area (Å²) in [6.07, 6.45) is 1.77. The van der Waals surface area contributed by atoms with Crippen LogP contribution in [0.2, 0.25) is 0 Å². The summed E-state index contributed by atoms with van der Waals surface area (Å²) >= 11 is 0. The van der Waals surface area contributed by atoms with Crippen LogP contribution in [-0.2, 0) is 0 Å². The lowest BCUT2D eigenvalue weighted by Crippen LogP contribution is -2.42. The molecule has 1 amide bonds. The van der Waals surface area contributed by atoms with Crippen LogP contribution in [0.15, 0.2) is 18.2 Å². The Morgan fingerprint density at radius 3 is 2.45 bits per heavy atom. The zero-order valence-electron chi connectivity index (χ0n) is 12.8. The number of carbonyl (C=O) groups is 1. The molecule has 1 fully saturated rings. The molecule has 1 unspecified atom stereocenters. The van der Waals surface area contributed by atoms with Crippen LogP contribution in [0.25, 0.3) is 0 Å². The molecule has 1 heterocycles. The summed E-state index contributed by atoms with van der Waals surface area (Å²) in [5.41, 5.74) is 6.97. The van der Waals surface area contributed by atoms with Crippen molar-refractivity contribution in [2.75, 3.05) is 13.1 Å². The highest BCUT2D eigenvalue weighted by molar-refractivity contribution is 5.95. The summed E-state index contributed by atoms with van der Waals surface area (Å²) in [4.78, 5) is 24.7. The van der Waals surface area contributed by atoms with E-state index in [1.807, 2.05) is 6.92 Å². The van der Waals surface area contributed by atoms with Crippen molar-refractivity contribution in [3.8, 4) is 0 Å². The Hall–Kier alpha value is -1.66. The number of nitrogens with zero attached hydrogens (tertiary/aromatic N) is 2. The highest BCUT2D eigenvalue weighted by Crippen LogP contribution is 2.23. The Labute approximate surface area is 136 Å². The molecule has 0 bridgehead atoms. The fraction of sp³-hybridized carbons (Fsp3) is 0.533. The van der Waals surface area contributed by atoms with Gasteiger partial charge in [0.2, 0.25) is 0 Å². The van der Waals surface area contributed by atoms with Gasteiger partial charge in [-0.25, -0.2) is 0 Å². The minimum atomic E-state index is -0.466. The molecule has 1 atom stereocenters. The van der Waals surface area contributed by atoms with Gasteiger partial charge in [0.25, 0.3) is 11.6 Å². The summed E-state index contributed by atoms with van der Waals surface area (Å²) in [7, 11) is 0. The Kier molecular flexibility index (Phi) is 6.32. The van der Waals surface area contributed by atoms with Crippen molar-refractivity contribution in [1.29, 1.82) is 0 Å². The quantitative estimate of drug-likeness (QED) is 0.682. The Morgan fingerprint density at radius 2 is 1.95 bits per heavy atom. The molecule has 1 saturated heterocycles. The van der Waals surface area contributed by atoms with Gasteiger partial charge in [-0.3, -0.25) is 14.9 Å². The summed E-state index contributed by atoms with van der Waals surface area (Å²) in [6.45, 7) is 5.07. The first-order valence-electron chi connectivity index (χ1n) is 7.19. The first kappa shape index (κ1) is 18.4. The van der Waals surface area contributed by atoms with E-state index in [4.69, 9.17) is 5.73 Å². The number of hydrogen-bond donors (Lipinski definition) is 1. The highest BCUT2D eigenvalue weighted by Gasteiger charge is 2.26. The smallest absolute Gasteiger partial charge is 0.270 e. The van der Waals surface area contributed by atoms with Gasteiger partial charge in [-0.2, -0.15) is 0 Å². The number of nitrogens with two attached hydrogens (primary N) is 1. The molecule has 7 heteroatoms. The molecule has 1 aromatic carbocycles. The molecule has 0 saturated carbocycles. The van der Waals surface area contributed by atoms with E-state index in [9.17, 15) is 14.9 Å². The van der Waals surface area contributed by atoms with Crippen LogP contribution in [0.5, 0.6) is 0 Å². The van der Waals surface area contributed by atoms with Crippen molar-refractivity contribution >= 4 is 24.0 Å². The molecule has 0 spiro atoms. The van der Waals surface area contributed by atoms with E-state index < -0.39 is 4.92 Å². The lowest BCUT2D eigenvalue weighted by molar-refractivity contribution is -0.384. The maximum Gasteiger partial charge on any atom is 0.270 e. The molecule has 0 aromatic heterocycles. The molecule has 2 rings (SSSR count). The van der Waals surface area contributed by atoms with Gasteiger partial charge in [0.15, 0.2) is 0 Å². The normalized spacial score (nSPS) is 16.8. The van der Waals surface area contributed by atoms with Crippen LogP contribution in [0.4, 0.5) is 5.69 Å². The van der Waals surface area contributed by atoms with Gasteiger partial charge in [-0.05, 0) is 44.2 Å². The fourth-order valence-electron chi connectivity index (χ4n) is 2.80. The van der Waals surface area contributed by atoms with E-state index in [0.29, 0.717) is 24.6 Å². The fourth-order valence-corrected chi connectivity index (χ4v) is 2.80. The first-order chi connectivity index (χ1) is 9.88. The van der Waals surface area contributed by atoms with Crippen molar-refractivity contribution in [1.82, 2.24) is 4.90 Å². The van der Waals surface area contributed by atoms with E-state index in [1.54, 1.807) is 17.9 Å². The van der Waals surface area contributed by atoms with E-state index >= 15 is 0 Å². The minimum Gasteiger partial charge on any atom is -0.339 e. The zero-order valence-corrected chi connectivity index (χ0v) is 13.6. The number of aryl methyl sites for hydroxylation is 1. The topological polar surface area (TPSA) is 89.5 Å². The monoisotopic (exact) mass is 327 g/mol. The molecule has 0 aliphatic carbocycles. The number of carbonyl (C=O) groups excluding carboxylic acids is 1. The maximum absolute atomic E-state index is 12.5. The van der Waals surface area contributed by atoms with Crippen LogP contribution in [0, 0.1) is 23.0 Å². The number of nitro groups is 1. The van der Waals surface area contributed by atoms with Crippen LogP contribution in [-0.4, -0.2) is 34.9 Å². The zero-order chi connectivity index (χ0) is 15.6. The molecule has 6 nitrogen and oxygen atoms in total. The van der Waals surface area contributed by atoms with E-state index in [2.05, 4.69) is 0 Å². The van der Waals surface area contributed by atoms with Crippen molar-refractivity contribution in [2.24, 2.45) is 11.7 Å². The predicted octanol–water partition coefficient (Wildman–Crippen LogP) is 2.52. The third-order valence-corrected chi connectivity index (χ3v) is 4.09. The van der Waals surface area contributed by atoms with Crippen LogP contribution in [0.1, 0.15) is 35.7 Å². The highest BCUT2D eigenvalue weighted by atomic mass is 35.5. The van der Waals surface area contributed by atoms with Crippen molar-refractivity contribution in [3.63, 3.8) is 0 Å². The number of non-ortho nitro benzene ring substituents is 1. The number of rotatable bonds is 3. The number of nitro benzene ring substituents is 1. The second-order valence-corrected chi connectivity index (χ2v) is 5.80. The Morgan fingerprint density at radius 1 is 1.36 bits per heavy atom. The lowest BCUT2D eigenvalue weighted by atomic mass is 9.90. The second-order valence-electron chi connectivity index (χ2n) is 5.80. The molecule has 122 valence electrons. The largest absolute Gasteiger partial charge is 0.339 e. The molecule has 1 aliphatic rings. The molecule has 1 aliphatic heterocycles. The molecular formula is C15H22ClN3O3. The van der Waals surface area contributed by atoms with Crippen molar-refractivity contribution in [3.05, 3.63) is 39.4 Å². The maximum atomic E-state index is 12.5. The lowest BCUT2D eigenvalue weighted by Gasteiger charge is -2.33. The molecule has 2 N–H and O–H groups in total. The third kappa shape index (κ3) is 4.18. The number of amides is 1. The summed E-state index contributed by atoms with van der Waals surface area (Å²) in [6, 6.07) is 4.67. The first-order valence-corrected chi connectivity index (χ1v) is 7.19. The van der Waals surface area contributed by atoms with Gasteiger partial charge >= 0.3 is 0 Å². The van der Waals surface area contributed by atoms with Gasteiger partial charge in [0, 0.05) is 36.8 Å². The third-order valence-electron chi connectivity index (χ3n) is 4.09. The summed E-state index contributed by atoms with van der Waals surface area (Å²) < 4.78 is 0. The van der Waals surface area contributed by atoms with E-state index in [-0.39, 0.29) is 30.0 Å². The number of piperidine rings is 1. The summed E-state index contributed by atoms with van der Waals surface area (Å²) in [5.74, 6) is 0.311. The van der Waals surface area contributed by atoms with Crippen LogP contribution >= 0.6 is 12.4 Å². The van der Waals surface area contributed by atoms with Crippen molar-refractivity contribution < 1.29 is 9.72 Å². The van der Waals surface area contributed by atoms with Gasteiger partial charge in [0.05, 0.1) is 4.92 Å². The average molecular weight is 328 g/mol. The molecule has 0 radical (unpaired) electrons. The van der Waals surface area contributed by atoms with Crippen LogP contribution < -0.4 is 5.73 Å². The van der Waals surface area contributed by atoms with Crippen molar-refractivity contribution in [2.45, 2.75) is 32.7 Å². The van der Waals surface area contributed by atoms with Crippen LogP contribution in [0.3, 0.4) is 0 Å². The SMILES string of the molecule is Cc1cc(C(=O)N2CCC(C(C)N)CC2)cc([N+](=O)[O-])c1.Cl. The molecule has 22 heavy (non-hydrogen) atoms. The number of benzene rings is 1. The van der Waals surface area contributed by atoms with Gasteiger partial charge in [0.1, 0.15) is 0 Å². The summed E-state index contributed by atoms with van der Waals surface area (Å²) in [5, 5.41) is 10.9. The number of halogens is 1. The van der Waals surface area contributed by atoms with E-state index in [1.165, 1.54) is 12.1 Å². The molecular weight excluding hydrogens is 306 g/mol. The Balaban J connectivity index is 0.00000242. The van der Waals surface area contributed by atoms with E-state index in [0.717, 1.165) is 18.4 Å². The Bertz CT molecular complexity index is 555. The van der Waals surface area contributed by atoms with Gasteiger partial charge in [-0.1, -0.05) is 0 Å². The minimum absolute atomic E-state index is 0. The average Bonchev–Trinajstić information content (AvgIpc) is 2.45. The predicted molar refractivity (Wildman–Crippen MR) is 87.4 cm³/mol. The second kappa shape index (κ2) is 7.56. The standard InChI is InChI=1S/C15H21N3O3.ClH/c1-10-7-13(9-14(8-10)18(20)21)15(19)17-5-3-12(4-6-17)11(2)16;/h7-9,11-12H,3-6,16H2,1-2H3;1H. The number of hydrogen-bond acceptors (Lipinski definition) is 4. The van der Waals surface area contributed by atoms with Gasteiger partial charge in [-0.15, -0.1) is 12.4 Å². The van der Waals surface area contributed by atoms with Gasteiger partial charge < -0.3 is 10.6 Å².